The first-order valence-electron chi connectivity index (χ1n) is 7.54. The lowest BCUT2D eigenvalue weighted by molar-refractivity contribution is 0.239. The second-order valence-electron chi connectivity index (χ2n) is 5.48. The van der Waals surface area contributed by atoms with Crippen molar-refractivity contribution >= 4 is 6.03 Å². The third-order valence-electron chi connectivity index (χ3n) is 3.09. The zero-order chi connectivity index (χ0) is 16.7. The number of hydrogen-bond donors (Lipinski definition) is 2. The maximum Gasteiger partial charge on any atom is 0.315 e. The second-order valence-corrected chi connectivity index (χ2v) is 5.48. The average molecular weight is 316 g/mol. The van der Waals surface area contributed by atoms with Gasteiger partial charge in [-0.3, -0.25) is 0 Å². The van der Waals surface area contributed by atoms with Gasteiger partial charge in [0, 0.05) is 13.1 Å². The van der Waals surface area contributed by atoms with Crippen LogP contribution in [0.5, 0.6) is 5.75 Å². The van der Waals surface area contributed by atoms with Crippen molar-refractivity contribution < 1.29 is 13.9 Å². The standard InChI is InChI=1S/C18H21FN2O2/c1-13(2)23-17-5-3-4-15(10-17)12-21-18(22)20-11-14-6-8-16(19)9-7-14/h3-10,13H,11-12H2,1-2H3,(H2,20,21,22). The topological polar surface area (TPSA) is 50.4 Å². The van der Waals surface area contributed by atoms with Gasteiger partial charge in [-0.15, -0.1) is 0 Å². The van der Waals surface area contributed by atoms with E-state index in [0.29, 0.717) is 13.1 Å². The van der Waals surface area contributed by atoms with Gasteiger partial charge in [-0.1, -0.05) is 24.3 Å². The van der Waals surface area contributed by atoms with E-state index in [9.17, 15) is 9.18 Å². The number of carbonyl (C=O) groups is 1. The Morgan fingerprint density at radius 3 is 2.35 bits per heavy atom. The molecule has 0 aliphatic carbocycles. The summed E-state index contributed by atoms with van der Waals surface area (Å²) in [5.74, 6) is 0.493. The van der Waals surface area contributed by atoms with Gasteiger partial charge in [0.15, 0.2) is 0 Å². The highest BCUT2D eigenvalue weighted by Gasteiger charge is 2.03. The minimum absolute atomic E-state index is 0.109. The van der Waals surface area contributed by atoms with E-state index in [2.05, 4.69) is 10.6 Å². The summed E-state index contributed by atoms with van der Waals surface area (Å²) in [5, 5.41) is 5.51. The number of halogens is 1. The highest BCUT2D eigenvalue weighted by molar-refractivity contribution is 5.73. The molecule has 2 aromatic rings. The summed E-state index contributed by atoms with van der Waals surface area (Å²) < 4.78 is 18.4. The minimum atomic E-state index is -0.290. The molecular formula is C18H21FN2O2. The summed E-state index contributed by atoms with van der Waals surface area (Å²) >= 11 is 0. The first kappa shape index (κ1) is 16.8. The van der Waals surface area contributed by atoms with E-state index >= 15 is 0 Å². The lowest BCUT2D eigenvalue weighted by Gasteiger charge is -2.12. The number of carbonyl (C=O) groups excluding carboxylic acids is 1. The van der Waals surface area contributed by atoms with Crippen LogP contribution in [0.4, 0.5) is 9.18 Å². The summed E-state index contributed by atoms with van der Waals surface area (Å²) in [5.41, 5.74) is 1.80. The number of amides is 2. The van der Waals surface area contributed by atoms with Crippen LogP contribution in [-0.2, 0) is 13.1 Å². The molecule has 122 valence electrons. The van der Waals surface area contributed by atoms with Crippen molar-refractivity contribution in [2.75, 3.05) is 0 Å². The summed E-state index contributed by atoms with van der Waals surface area (Å²) in [6.45, 7) is 4.69. The van der Waals surface area contributed by atoms with Gasteiger partial charge in [0.1, 0.15) is 11.6 Å². The normalized spacial score (nSPS) is 10.4. The molecule has 2 N–H and O–H groups in total. The zero-order valence-electron chi connectivity index (χ0n) is 13.3. The summed E-state index contributed by atoms with van der Waals surface area (Å²) in [4.78, 5) is 11.8. The molecule has 2 rings (SSSR count). The molecular weight excluding hydrogens is 295 g/mol. The maximum absolute atomic E-state index is 12.8. The molecule has 0 aliphatic heterocycles. The monoisotopic (exact) mass is 316 g/mol. The number of ether oxygens (including phenoxy) is 1. The fourth-order valence-electron chi connectivity index (χ4n) is 2.03. The van der Waals surface area contributed by atoms with Crippen molar-refractivity contribution in [3.8, 4) is 5.75 Å². The van der Waals surface area contributed by atoms with Crippen LogP contribution in [-0.4, -0.2) is 12.1 Å². The molecule has 0 unspecified atom stereocenters. The van der Waals surface area contributed by atoms with Crippen LogP contribution < -0.4 is 15.4 Å². The number of hydrogen-bond acceptors (Lipinski definition) is 2. The van der Waals surface area contributed by atoms with Crippen LogP contribution in [0.15, 0.2) is 48.5 Å². The van der Waals surface area contributed by atoms with E-state index in [4.69, 9.17) is 4.74 Å². The Kier molecular flexibility index (Phi) is 5.97. The third kappa shape index (κ3) is 5.98. The summed E-state index contributed by atoms with van der Waals surface area (Å²) in [7, 11) is 0. The quantitative estimate of drug-likeness (QED) is 0.855. The van der Waals surface area contributed by atoms with Crippen LogP contribution in [0.3, 0.4) is 0 Å². The van der Waals surface area contributed by atoms with Crippen molar-refractivity contribution in [1.82, 2.24) is 10.6 Å². The van der Waals surface area contributed by atoms with Crippen molar-refractivity contribution in [2.45, 2.75) is 33.0 Å². The van der Waals surface area contributed by atoms with Gasteiger partial charge < -0.3 is 15.4 Å². The molecule has 0 spiro atoms. The van der Waals surface area contributed by atoms with Crippen molar-refractivity contribution in [1.29, 1.82) is 0 Å². The molecule has 0 aromatic heterocycles. The first-order valence-corrected chi connectivity index (χ1v) is 7.54. The van der Waals surface area contributed by atoms with Crippen LogP contribution in [0.25, 0.3) is 0 Å². The predicted molar refractivity (Wildman–Crippen MR) is 87.7 cm³/mol. The highest BCUT2D eigenvalue weighted by Crippen LogP contribution is 2.14. The molecule has 0 aliphatic rings. The largest absolute Gasteiger partial charge is 0.491 e. The van der Waals surface area contributed by atoms with Crippen molar-refractivity contribution in [2.24, 2.45) is 0 Å². The van der Waals surface area contributed by atoms with Crippen molar-refractivity contribution in [3.63, 3.8) is 0 Å². The lowest BCUT2D eigenvalue weighted by Crippen LogP contribution is -2.34. The smallest absolute Gasteiger partial charge is 0.315 e. The molecule has 0 radical (unpaired) electrons. The van der Waals surface area contributed by atoms with Gasteiger partial charge in [-0.2, -0.15) is 0 Å². The van der Waals surface area contributed by atoms with Gasteiger partial charge in [0.2, 0.25) is 0 Å². The SMILES string of the molecule is CC(C)Oc1cccc(CNC(=O)NCc2ccc(F)cc2)c1. The van der Waals surface area contributed by atoms with E-state index in [-0.39, 0.29) is 18.0 Å². The van der Waals surface area contributed by atoms with E-state index < -0.39 is 0 Å². The number of benzene rings is 2. The van der Waals surface area contributed by atoms with Gasteiger partial charge in [-0.05, 0) is 49.2 Å². The molecule has 2 aromatic carbocycles. The molecule has 0 fully saturated rings. The van der Waals surface area contributed by atoms with E-state index in [1.807, 2.05) is 38.1 Å². The molecule has 0 heterocycles. The molecule has 2 amide bonds. The third-order valence-corrected chi connectivity index (χ3v) is 3.09. The Hall–Kier alpha value is -2.56. The Morgan fingerprint density at radius 1 is 1.04 bits per heavy atom. The second kappa shape index (κ2) is 8.17. The van der Waals surface area contributed by atoms with Crippen LogP contribution in [0.1, 0.15) is 25.0 Å². The summed E-state index contributed by atoms with van der Waals surface area (Å²) in [6, 6.07) is 13.4. The highest BCUT2D eigenvalue weighted by atomic mass is 19.1. The fraction of sp³-hybridized carbons (Fsp3) is 0.278. The van der Waals surface area contributed by atoms with E-state index in [1.165, 1.54) is 12.1 Å². The molecule has 0 saturated heterocycles. The average Bonchev–Trinajstić information content (AvgIpc) is 2.52. The van der Waals surface area contributed by atoms with E-state index in [1.54, 1.807) is 12.1 Å². The van der Waals surface area contributed by atoms with Gasteiger partial charge in [0.25, 0.3) is 0 Å². The number of nitrogens with one attached hydrogen (secondary N) is 2. The minimum Gasteiger partial charge on any atom is -0.491 e. The van der Waals surface area contributed by atoms with Gasteiger partial charge >= 0.3 is 6.03 Å². The number of urea groups is 1. The Morgan fingerprint density at radius 2 is 1.70 bits per heavy atom. The zero-order valence-corrected chi connectivity index (χ0v) is 13.3. The summed E-state index contributed by atoms with van der Waals surface area (Å²) in [6.07, 6.45) is 0.109. The predicted octanol–water partition coefficient (Wildman–Crippen LogP) is 3.61. The Labute approximate surface area is 135 Å². The number of rotatable bonds is 6. The Balaban J connectivity index is 1.78. The molecule has 0 saturated carbocycles. The van der Waals surface area contributed by atoms with E-state index in [0.717, 1.165) is 16.9 Å². The van der Waals surface area contributed by atoms with Crippen LogP contribution in [0.2, 0.25) is 0 Å². The maximum atomic E-state index is 12.8. The Bertz CT molecular complexity index is 642. The van der Waals surface area contributed by atoms with Crippen molar-refractivity contribution in [3.05, 3.63) is 65.5 Å². The molecule has 23 heavy (non-hydrogen) atoms. The molecule has 5 heteroatoms. The van der Waals surface area contributed by atoms with Crippen LogP contribution >= 0.6 is 0 Å². The molecule has 0 atom stereocenters. The first-order chi connectivity index (χ1) is 11.0. The van der Waals surface area contributed by atoms with Gasteiger partial charge in [-0.25, -0.2) is 9.18 Å². The fourth-order valence-corrected chi connectivity index (χ4v) is 2.03. The van der Waals surface area contributed by atoms with Gasteiger partial charge in [0.05, 0.1) is 6.10 Å². The molecule has 0 bridgehead atoms. The molecule has 4 nitrogen and oxygen atoms in total. The lowest BCUT2D eigenvalue weighted by atomic mass is 10.2. The van der Waals surface area contributed by atoms with Crippen LogP contribution in [0, 0.1) is 5.82 Å².